The highest BCUT2D eigenvalue weighted by molar-refractivity contribution is 8.10. The fourth-order valence-electron chi connectivity index (χ4n) is 0.928. The van der Waals surface area contributed by atoms with E-state index >= 15 is 0 Å². The molecule has 0 amide bonds. The van der Waals surface area contributed by atoms with Gasteiger partial charge in [0.05, 0.1) is 0 Å². The molecule has 0 aliphatic rings. The Kier molecular flexibility index (Phi) is 3.98. The van der Waals surface area contributed by atoms with Gasteiger partial charge in [-0.3, -0.25) is 0 Å². The number of halogens is 2. The van der Waals surface area contributed by atoms with Crippen LogP contribution in [0, 0.1) is 0 Å². The third kappa shape index (κ3) is 2.84. The fraction of sp³-hybridized carbons (Fsp3) is 0.125. The average molecular weight is 236 g/mol. The lowest BCUT2D eigenvalue weighted by molar-refractivity contribution is -0.578. The molecule has 70 valence electrons. The smallest absolute Gasteiger partial charge is 0.226 e. The highest BCUT2D eigenvalue weighted by Crippen LogP contribution is 2.55. The Labute approximate surface area is 87.8 Å². The van der Waals surface area contributed by atoms with E-state index in [9.17, 15) is 5.11 Å². The minimum absolute atomic E-state index is 0.104. The molecule has 1 aromatic rings. The minimum Gasteiger partial charge on any atom is -0.871 e. The van der Waals surface area contributed by atoms with Crippen LogP contribution in [0.2, 0.25) is 0 Å². The first-order chi connectivity index (χ1) is 6.13. The topological polar surface area (TPSA) is 26.9 Å². The van der Waals surface area contributed by atoms with E-state index < -0.39 is 6.63 Å². The zero-order chi connectivity index (χ0) is 9.84. The predicted octanol–water partition coefficient (Wildman–Crippen LogP) is 2.27. The van der Waals surface area contributed by atoms with Crippen molar-refractivity contribution in [3.63, 3.8) is 0 Å². The summed E-state index contributed by atoms with van der Waals surface area (Å²) in [6.07, 6.45) is 3.49. The second kappa shape index (κ2) is 4.80. The lowest BCUT2D eigenvalue weighted by Gasteiger charge is -2.09. The molecule has 1 aromatic heterocycles. The van der Waals surface area contributed by atoms with Crippen LogP contribution in [0.5, 0.6) is 0 Å². The highest BCUT2D eigenvalue weighted by Gasteiger charge is 2.17. The maximum atomic E-state index is 11.2. The molecule has 1 rings (SSSR count). The van der Waals surface area contributed by atoms with E-state index in [1.54, 1.807) is 17.0 Å². The number of pyridine rings is 1. The molecule has 0 radical (unpaired) electrons. The van der Waals surface area contributed by atoms with Crippen LogP contribution in [-0.2, 0) is 0 Å². The Morgan fingerprint density at radius 2 is 1.77 bits per heavy atom. The summed E-state index contributed by atoms with van der Waals surface area (Å²) in [4.78, 5) is 0. The molecule has 2 nitrogen and oxygen atoms in total. The number of nitrogens with zero attached hydrogens (tertiary/aromatic N) is 1. The summed E-state index contributed by atoms with van der Waals surface area (Å²) in [6.45, 7) is 0.0487. The molecule has 0 aromatic carbocycles. The summed E-state index contributed by atoms with van der Waals surface area (Å²) in [5.74, 6) is -0.104. The zero-order valence-electron chi connectivity index (χ0n) is 6.95. The van der Waals surface area contributed by atoms with Crippen LogP contribution in [0.25, 0.3) is 5.44 Å². The van der Waals surface area contributed by atoms with Gasteiger partial charge in [-0.05, 0) is 6.92 Å². The van der Waals surface area contributed by atoms with Gasteiger partial charge in [0.2, 0.25) is 5.44 Å². The molecule has 0 bridgehead atoms. The molecule has 0 fully saturated rings. The molecule has 0 aliphatic carbocycles. The Bertz CT molecular complexity index is 309. The Hall–Kier alpha value is -0.300. The van der Waals surface area contributed by atoms with E-state index in [0.29, 0.717) is 5.44 Å². The van der Waals surface area contributed by atoms with Crippen LogP contribution in [0.15, 0.2) is 36.4 Å². The number of hydrogen-bond acceptors (Lipinski definition) is 1. The van der Waals surface area contributed by atoms with Crippen molar-refractivity contribution >= 4 is 34.5 Å². The molecular weight excluding hydrogens is 228 g/mol. The highest BCUT2D eigenvalue weighted by atomic mass is 35.9. The van der Waals surface area contributed by atoms with Gasteiger partial charge in [-0.25, -0.2) is 0 Å². The van der Waals surface area contributed by atoms with Crippen molar-refractivity contribution in [3.8, 4) is 0 Å². The van der Waals surface area contributed by atoms with E-state index in [0.717, 1.165) is 0 Å². The van der Waals surface area contributed by atoms with Crippen LogP contribution in [0.1, 0.15) is 6.92 Å². The number of allylic oxidation sites excluding steroid dienone is 1. The third-order valence-corrected chi connectivity index (χ3v) is 3.26. The van der Waals surface area contributed by atoms with Crippen molar-refractivity contribution in [1.29, 1.82) is 0 Å². The van der Waals surface area contributed by atoms with Crippen LogP contribution in [0.4, 0.5) is 0 Å². The second-order valence-electron chi connectivity index (χ2n) is 2.40. The van der Waals surface area contributed by atoms with Gasteiger partial charge in [-0.1, -0.05) is 34.3 Å². The van der Waals surface area contributed by atoms with Gasteiger partial charge in [0, 0.05) is 12.1 Å². The largest absolute Gasteiger partial charge is 0.871 e. The van der Waals surface area contributed by atoms with Crippen molar-refractivity contribution in [2.24, 2.45) is 0 Å². The Morgan fingerprint density at radius 3 is 2.15 bits per heavy atom. The summed E-state index contributed by atoms with van der Waals surface area (Å²) >= 11 is 11.4. The van der Waals surface area contributed by atoms with Crippen molar-refractivity contribution < 1.29 is 9.67 Å². The molecule has 0 spiro atoms. The normalized spacial score (nSPS) is 12.9. The Balaban J connectivity index is 3.12. The maximum Gasteiger partial charge on any atom is 0.226 e. The molecule has 0 N–H and O–H groups in total. The van der Waals surface area contributed by atoms with Crippen LogP contribution >= 0.6 is 29.1 Å². The number of aromatic nitrogens is 1. The van der Waals surface area contributed by atoms with Crippen molar-refractivity contribution in [1.82, 2.24) is 0 Å². The van der Waals surface area contributed by atoms with E-state index in [-0.39, 0.29) is 5.76 Å². The summed E-state index contributed by atoms with van der Waals surface area (Å²) < 4.78 is 1.65. The number of rotatable bonds is 2. The molecule has 5 heteroatoms. The molecule has 0 saturated heterocycles. The molecule has 0 atom stereocenters. The maximum absolute atomic E-state index is 11.2. The standard InChI is InChI=1S/C8H8Cl2NOP/c1-7(12)8(13(9)10)11-5-3-2-4-6-11/h2-6H,1H3/b8-7+. The summed E-state index contributed by atoms with van der Waals surface area (Å²) in [7, 11) is 0. The molecular formula is C8H8Cl2NOP. The second-order valence-corrected chi connectivity index (χ2v) is 5.83. The van der Waals surface area contributed by atoms with E-state index in [1.807, 2.05) is 18.2 Å². The van der Waals surface area contributed by atoms with Gasteiger partial charge in [0.25, 0.3) is 0 Å². The quantitative estimate of drug-likeness (QED) is 0.439. The lowest BCUT2D eigenvalue weighted by atomic mass is 10.5. The monoisotopic (exact) mass is 235 g/mol. The molecule has 0 aliphatic heterocycles. The predicted molar refractivity (Wildman–Crippen MR) is 54.2 cm³/mol. The van der Waals surface area contributed by atoms with Gasteiger partial charge >= 0.3 is 0 Å². The summed E-state index contributed by atoms with van der Waals surface area (Å²) in [5, 5.41) is 11.2. The summed E-state index contributed by atoms with van der Waals surface area (Å²) in [6, 6.07) is 5.49. The van der Waals surface area contributed by atoms with Gasteiger partial charge in [0.1, 0.15) is 0 Å². The van der Waals surface area contributed by atoms with E-state index in [1.165, 1.54) is 6.92 Å². The number of hydrogen-bond donors (Lipinski definition) is 0. The summed E-state index contributed by atoms with van der Waals surface area (Å²) in [5.41, 5.74) is 0.430. The van der Waals surface area contributed by atoms with E-state index in [4.69, 9.17) is 22.5 Å². The van der Waals surface area contributed by atoms with Gasteiger partial charge in [-0.2, -0.15) is 4.57 Å². The molecule has 13 heavy (non-hydrogen) atoms. The van der Waals surface area contributed by atoms with Crippen molar-refractivity contribution in [2.45, 2.75) is 6.92 Å². The van der Waals surface area contributed by atoms with E-state index in [2.05, 4.69) is 0 Å². The lowest BCUT2D eigenvalue weighted by Crippen LogP contribution is -2.31. The van der Waals surface area contributed by atoms with Gasteiger partial charge in [-0.15, -0.1) is 0 Å². The molecule has 1 heterocycles. The molecule has 0 unspecified atom stereocenters. The third-order valence-electron chi connectivity index (χ3n) is 1.44. The van der Waals surface area contributed by atoms with Crippen LogP contribution in [-0.4, -0.2) is 0 Å². The zero-order valence-corrected chi connectivity index (χ0v) is 9.35. The van der Waals surface area contributed by atoms with Crippen molar-refractivity contribution in [2.75, 3.05) is 0 Å². The minimum atomic E-state index is -1.41. The average Bonchev–Trinajstić information content (AvgIpc) is 2.04. The van der Waals surface area contributed by atoms with Crippen LogP contribution < -0.4 is 9.67 Å². The van der Waals surface area contributed by atoms with Gasteiger partial charge in [0.15, 0.2) is 19.0 Å². The first-order valence-corrected chi connectivity index (χ1v) is 6.74. The van der Waals surface area contributed by atoms with Gasteiger partial charge < -0.3 is 5.11 Å². The first kappa shape index (κ1) is 10.8. The van der Waals surface area contributed by atoms with Crippen LogP contribution in [0.3, 0.4) is 0 Å². The fourth-order valence-corrected chi connectivity index (χ4v) is 2.71. The molecule has 0 saturated carbocycles. The SMILES string of the molecule is C/C([O-])=C(/[n+]1ccccc1)P(Cl)Cl. The van der Waals surface area contributed by atoms with Crippen molar-refractivity contribution in [3.05, 3.63) is 36.4 Å². The first-order valence-electron chi connectivity index (χ1n) is 3.59. The Morgan fingerprint density at radius 1 is 1.23 bits per heavy atom.